The molecular formula is C15H21O8P-2. The number of aliphatic hydroxyl groups is 3. The van der Waals surface area contributed by atoms with Gasteiger partial charge in [-0.15, -0.1) is 0 Å². The van der Waals surface area contributed by atoms with Gasteiger partial charge in [-0.1, -0.05) is 25.3 Å². The Morgan fingerprint density at radius 3 is 2.42 bits per heavy atom. The van der Waals surface area contributed by atoms with E-state index in [4.69, 9.17) is 9.47 Å². The molecule has 8 nitrogen and oxygen atoms in total. The van der Waals surface area contributed by atoms with Crippen molar-refractivity contribution in [2.45, 2.75) is 51.0 Å². The molecule has 0 saturated carbocycles. The number of hydrogen-bond acceptors (Lipinski definition) is 8. The van der Waals surface area contributed by atoms with E-state index in [1.807, 2.05) is 13.0 Å². The Kier molecular flexibility index (Phi) is 6.04. The van der Waals surface area contributed by atoms with Crippen molar-refractivity contribution in [1.82, 2.24) is 0 Å². The molecule has 9 heteroatoms. The average Bonchev–Trinajstić information content (AvgIpc) is 2.48. The number of benzene rings is 1. The molecule has 1 aromatic carbocycles. The van der Waals surface area contributed by atoms with Gasteiger partial charge >= 0.3 is 0 Å². The van der Waals surface area contributed by atoms with E-state index in [2.05, 4.69) is 0 Å². The van der Waals surface area contributed by atoms with Crippen molar-refractivity contribution >= 4 is 7.60 Å². The average molecular weight is 360 g/mol. The molecular weight excluding hydrogens is 339 g/mol. The first-order valence-electron chi connectivity index (χ1n) is 7.53. The zero-order valence-corrected chi connectivity index (χ0v) is 14.3. The van der Waals surface area contributed by atoms with E-state index in [1.165, 1.54) is 0 Å². The maximum Gasteiger partial charge on any atom is 0.229 e. The standard InChI is InChI=1S/C15H23O8P/c1-8-3-4-10(9(2)7-8)22-15-14(18)13(17)12(16)11(23-15)5-6-24(19,20)21/h3-4,7,11-18H,5-6H2,1-2H3,(H2,19,20,21)/p-2/t11-,12-,13+,14+,15+/m1/s1. The Morgan fingerprint density at radius 1 is 1.17 bits per heavy atom. The molecule has 24 heavy (non-hydrogen) atoms. The summed E-state index contributed by atoms with van der Waals surface area (Å²) < 4.78 is 21.7. The molecule has 1 aliphatic heterocycles. The fraction of sp³-hybridized carbons (Fsp3) is 0.600. The molecule has 1 fully saturated rings. The van der Waals surface area contributed by atoms with Gasteiger partial charge < -0.3 is 39.1 Å². The van der Waals surface area contributed by atoms with E-state index in [0.29, 0.717) is 5.75 Å². The van der Waals surface area contributed by atoms with Gasteiger partial charge in [-0.2, -0.15) is 0 Å². The Hall–Kier alpha value is -0.990. The lowest BCUT2D eigenvalue weighted by Gasteiger charge is -2.41. The molecule has 2 rings (SSSR count). The highest BCUT2D eigenvalue weighted by molar-refractivity contribution is 7.48. The van der Waals surface area contributed by atoms with Crippen molar-refractivity contribution in [2.75, 3.05) is 6.16 Å². The van der Waals surface area contributed by atoms with Crippen LogP contribution in [-0.4, -0.2) is 52.2 Å². The maximum absolute atomic E-state index is 10.8. The highest BCUT2D eigenvalue weighted by Crippen LogP contribution is 2.31. The smallest absolute Gasteiger partial charge is 0.229 e. The first-order valence-corrected chi connectivity index (χ1v) is 9.26. The minimum Gasteiger partial charge on any atom is -0.811 e. The van der Waals surface area contributed by atoms with Gasteiger partial charge in [0.05, 0.1) is 6.10 Å². The van der Waals surface area contributed by atoms with Crippen LogP contribution in [0.3, 0.4) is 0 Å². The molecule has 1 heterocycles. The third-order valence-corrected chi connectivity index (χ3v) is 4.74. The van der Waals surface area contributed by atoms with Gasteiger partial charge in [0.25, 0.3) is 0 Å². The molecule has 0 bridgehead atoms. The lowest BCUT2D eigenvalue weighted by atomic mass is 9.97. The van der Waals surface area contributed by atoms with E-state index >= 15 is 0 Å². The van der Waals surface area contributed by atoms with Crippen molar-refractivity contribution in [3.05, 3.63) is 29.3 Å². The summed E-state index contributed by atoms with van der Waals surface area (Å²) in [5.74, 6) is 0.422. The summed E-state index contributed by atoms with van der Waals surface area (Å²) in [6.45, 7) is 3.70. The number of hydrogen-bond donors (Lipinski definition) is 3. The molecule has 0 unspecified atom stereocenters. The van der Waals surface area contributed by atoms with Crippen molar-refractivity contribution in [3.8, 4) is 5.75 Å². The molecule has 1 saturated heterocycles. The first kappa shape index (κ1) is 19.3. The van der Waals surface area contributed by atoms with E-state index in [0.717, 1.165) is 11.1 Å². The highest BCUT2D eigenvalue weighted by atomic mass is 31.2. The van der Waals surface area contributed by atoms with Crippen LogP contribution in [-0.2, 0) is 9.30 Å². The van der Waals surface area contributed by atoms with Crippen LogP contribution >= 0.6 is 7.60 Å². The van der Waals surface area contributed by atoms with Crippen LogP contribution in [0.4, 0.5) is 0 Å². The van der Waals surface area contributed by atoms with Crippen LogP contribution in [0, 0.1) is 13.8 Å². The Balaban J connectivity index is 2.11. The summed E-state index contributed by atoms with van der Waals surface area (Å²) in [6, 6.07) is 5.33. The number of aliphatic hydroxyl groups excluding tert-OH is 3. The quantitative estimate of drug-likeness (QED) is 0.556. The van der Waals surface area contributed by atoms with Gasteiger partial charge in [-0.3, -0.25) is 0 Å². The molecule has 0 spiro atoms. The molecule has 0 aromatic heterocycles. The van der Waals surface area contributed by atoms with Crippen molar-refractivity contribution < 1.29 is 39.1 Å². The summed E-state index contributed by atoms with van der Waals surface area (Å²) in [4.78, 5) is 21.5. The third-order valence-electron chi connectivity index (χ3n) is 3.93. The number of ether oxygens (including phenoxy) is 2. The van der Waals surface area contributed by atoms with E-state index in [-0.39, 0.29) is 6.42 Å². The number of rotatable bonds is 5. The second-order valence-electron chi connectivity index (χ2n) is 6.02. The summed E-state index contributed by atoms with van der Waals surface area (Å²) >= 11 is 0. The number of aryl methyl sites for hydroxylation is 2. The minimum absolute atomic E-state index is 0.304. The molecule has 0 aliphatic carbocycles. The zero-order chi connectivity index (χ0) is 18.1. The Bertz CT molecular complexity index is 615. The maximum atomic E-state index is 10.8. The first-order chi connectivity index (χ1) is 11.1. The predicted octanol–water partition coefficient (Wildman–Crippen LogP) is -1.21. The molecule has 0 amide bonds. The van der Waals surface area contributed by atoms with Crippen molar-refractivity contribution in [2.24, 2.45) is 0 Å². The van der Waals surface area contributed by atoms with E-state index in [1.54, 1.807) is 19.1 Å². The Labute approximate surface area is 139 Å². The monoisotopic (exact) mass is 360 g/mol. The van der Waals surface area contributed by atoms with E-state index in [9.17, 15) is 29.7 Å². The zero-order valence-electron chi connectivity index (χ0n) is 13.4. The summed E-state index contributed by atoms with van der Waals surface area (Å²) in [5, 5.41) is 29.8. The molecule has 136 valence electrons. The fourth-order valence-corrected chi connectivity index (χ4v) is 3.17. The summed E-state index contributed by atoms with van der Waals surface area (Å²) in [6.07, 6.45) is -8.11. The van der Waals surface area contributed by atoms with Gasteiger partial charge in [-0.05, 0) is 38.1 Å². The third kappa shape index (κ3) is 4.77. The molecule has 3 N–H and O–H groups in total. The van der Waals surface area contributed by atoms with Gasteiger partial charge in [0.15, 0.2) is 0 Å². The fourth-order valence-electron chi connectivity index (χ4n) is 2.59. The van der Waals surface area contributed by atoms with Crippen LogP contribution in [0.5, 0.6) is 5.75 Å². The normalized spacial score (nSPS) is 31.0. The summed E-state index contributed by atoms with van der Waals surface area (Å²) in [5.41, 5.74) is 1.80. The second kappa shape index (κ2) is 7.49. The lowest BCUT2D eigenvalue weighted by Crippen LogP contribution is -2.59. The van der Waals surface area contributed by atoms with Crippen LogP contribution in [0.2, 0.25) is 0 Å². The van der Waals surface area contributed by atoms with Crippen LogP contribution in [0.1, 0.15) is 17.5 Å². The molecule has 0 radical (unpaired) electrons. The predicted molar refractivity (Wildman–Crippen MR) is 80.3 cm³/mol. The topological polar surface area (TPSA) is 142 Å². The highest BCUT2D eigenvalue weighted by Gasteiger charge is 2.44. The van der Waals surface area contributed by atoms with Gasteiger partial charge in [0, 0.05) is 0 Å². The Morgan fingerprint density at radius 2 is 1.83 bits per heavy atom. The SMILES string of the molecule is Cc1ccc(O[C@H]2O[C@H](CCP(=O)([O-])[O-])[C@@H](O)[C@H](O)[C@@H]2O)c(C)c1. The van der Waals surface area contributed by atoms with Crippen LogP contribution < -0.4 is 14.5 Å². The van der Waals surface area contributed by atoms with Crippen molar-refractivity contribution in [1.29, 1.82) is 0 Å². The van der Waals surface area contributed by atoms with Crippen LogP contribution in [0.25, 0.3) is 0 Å². The summed E-state index contributed by atoms with van der Waals surface area (Å²) in [7, 11) is -4.77. The molecule has 1 aliphatic rings. The van der Waals surface area contributed by atoms with Gasteiger partial charge in [0.1, 0.15) is 24.1 Å². The largest absolute Gasteiger partial charge is 0.811 e. The van der Waals surface area contributed by atoms with E-state index < -0.39 is 44.5 Å². The second-order valence-corrected chi connectivity index (χ2v) is 7.69. The molecule has 1 aromatic rings. The van der Waals surface area contributed by atoms with Crippen LogP contribution in [0.15, 0.2) is 18.2 Å². The minimum atomic E-state index is -4.77. The lowest BCUT2D eigenvalue weighted by molar-refractivity contribution is -0.315. The van der Waals surface area contributed by atoms with Gasteiger partial charge in [-0.25, -0.2) is 0 Å². The molecule has 5 atom stereocenters. The van der Waals surface area contributed by atoms with Gasteiger partial charge in [0.2, 0.25) is 6.29 Å². The van der Waals surface area contributed by atoms with Crippen molar-refractivity contribution in [3.63, 3.8) is 0 Å².